The molecule has 3 aromatic rings. The smallest absolute Gasteiger partial charge is 0.197 e. The third-order valence-electron chi connectivity index (χ3n) is 5.26. The van der Waals surface area contributed by atoms with Gasteiger partial charge in [0, 0.05) is 5.92 Å². The predicted octanol–water partition coefficient (Wildman–Crippen LogP) is 6.59. The van der Waals surface area contributed by atoms with Gasteiger partial charge in [0.2, 0.25) is 0 Å². The zero-order chi connectivity index (χ0) is 21.5. The minimum absolute atomic E-state index is 0.348. The second-order valence-electron chi connectivity index (χ2n) is 7.63. The lowest BCUT2D eigenvalue weighted by Crippen LogP contribution is -2.20. The maximum absolute atomic E-state index is 5.84. The maximum Gasteiger partial charge on any atom is 0.197 e. The first-order valence-corrected chi connectivity index (χ1v) is 10.7. The highest BCUT2D eigenvalue weighted by Gasteiger charge is 2.21. The minimum atomic E-state index is -0.348. The van der Waals surface area contributed by atoms with Gasteiger partial charge < -0.3 is 18.9 Å². The molecule has 0 radical (unpaired) electrons. The molecule has 0 aliphatic heterocycles. The summed E-state index contributed by atoms with van der Waals surface area (Å²) in [6.07, 6.45) is 4.13. The highest BCUT2D eigenvalue weighted by atomic mass is 16.7. The number of ether oxygens (including phenoxy) is 4. The first-order chi connectivity index (χ1) is 15.2. The molecule has 160 valence electrons. The van der Waals surface area contributed by atoms with E-state index in [0.717, 1.165) is 23.0 Å². The Kier molecular flexibility index (Phi) is 6.90. The molecule has 0 N–H and O–H groups in total. The van der Waals surface area contributed by atoms with Crippen molar-refractivity contribution in [1.82, 2.24) is 0 Å². The first-order valence-electron chi connectivity index (χ1n) is 10.7. The van der Waals surface area contributed by atoms with Gasteiger partial charge in [-0.05, 0) is 66.9 Å². The molecule has 3 aromatic carbocycles. The SMILES string of the molecule is CC(OCCOc1ccc(Oc2ccccc2)cc1)Oc1ccc(C2C=CC2C)cc1. The summed E-state index contributed by atoms with van der Waals surface area (Å²) < 4.78 is 23.1. The van der Waals surface area contributed by atoms with E-state index in [1.807, 2.05) is 73.7 Å². The number of hydrogen-bond donors (Lipinski definition) is 0. The molecule has 0 fully saturated rings. The van der Waals surface area contributed by atoms with E-state index in [-0.39, 0.29) is 6.29 Å². The van der Waals surface area contributed by atoms with E-state index < -0.39 is 0 Å². The van der Waals surface area contributed by atoms with E-state index in [4.69, 9.17) is 18.9 Å². The van der Waals surface area contributed by atoms with Crippen LogP contribution in [-0.4, -0.2) is 19.5 Å². The van der Waals surface area contributed by atoms with Crippen molar-refractivity contribution in [1.29, 1.82) is 0 Å². The summed E-state index contributed by atoms with van der Waals surface area (Å²) in [5.41, 5.74) is 1.32. The van der Waals surface area contributed by atoms with Crippen LogP contribution >= 0.6 is 0 Å². The van der Waals surface area contributed by atoms with Gasteiger partial charge >= 0.3 is 0 Å². The lowest BCUT2D eigenvalue weighted by Gasteiger charge is -2.26. The Hall–Kier alpha value is -3.24. The van der Waals surface area contributed by atoms with Crippen molar-refractivity contribution in [2.45, 2.75) is 26.1 Å². The first kappa shape index (κ1) is 21.0. The third kappa shape index (κ3) is 5.89. The average molecular weight is 417 g/mol. The summed E-state index contributed by atoms with van der Waals surface area (Å²) in [7, 11) is 0. The Labute approximate surface area is 184 Å². The standard InChI is InChI=1S/C27H28O4/c1-20-8-17-27(20)22-9-11-25(12-10-22)30-21(2)28-18-19-29-23-13-15-26(16-14-23)31-24-6-4-3-5-7-24/h3-17,20-21,27H,18-19H2,1-2H3. The highest BCUT2D eigenvalue weighted by Crippen LogP contribution is 2.35. The minimum Gasteiger partial charge on any atom is -0.491 e. The molecule has 0 spiro atoms. The Morgan fingerprint density at radius 2 is 1.35 bits per heavy atom. The maximum atomic E-state index is 5.84. The molecule has 0 saturated carbocycles. The average Bonchev–Trinajstić information content (AvgIpc) is 2.79. The normalized spacial score (nSPS) is 18.1. The van der Waals surface area contributed by atoms with Crippen LogP contribution in [0.1, 0.15) is 25.3 Å². The number of allylic oxidation sites excluding steroid dienone is 2. The van der Waals surface area contributed by atoms with Crippen LogP contribution in [-0.2, 0) is 4.74 Å². The molecule has 4 nitrogen and oxygen atoms in total. The summed E-state index contributed by atoms with van der Waals surface area (Å²) >= 11 is 0. The molecule has 0 heterocycles. The largest absolute Gasteiger partial charge is 0.491 e. The van der Waals surface area contributed by atoms with Crippen LogP contribution in [0.4, 0.5) is 0 Å². The summed E-state index contributed by atoms with van der Waals surface area (Å²) in [6, 6.07) is 25.5. The quantitative estimate of drug-likeness (QED) is 0.212. The molecule has 4 heteroatoms. The van der Waals surface area contributed by atoms with Crippen molar-refractivity contribution in [3.63, 3.8) is 0 Å². The van der Waals surface area contributed by atoms with Crippen LogP contribution in [0, 0.1) is 5.92 Å². The number of hydrogen-bond acceptors (Lipinski definition) is 4. The van der Waals surface area contributed by atoms with Gasteiger partial charge in [-0.15, -0.1) is 0 Å². The van der Waals surface area contributed by atoms with E-state index in [1.165, 1.54) is 5.56 Å². The van der Waals surface area contributed by atoms with E-state index in [9.17, 15) is 0 Å². The predicted molar refractivity (Wildman–Crippen MR) is 122 cm³/mol. The van der Waals surface area contributed by atoms with Crippen molar-refractivity contribution < 1.29 is 18.9 Å². The van der Waals surface area contributed by atoms with Gasteiger partial charge in [-0.1, -0.05) is 49.4 Å². The van der Waals surface area contributed by atoms with E-state index in [0.29, 0.717) is 25.0 Å². The summed E-state index contributed by atoms with van der Waals surface area (Å²) in [6.45, 7) is 5.00. The highest BCUT2D eigenvalue weighted by molar-refractivity contribution is 5.36. The molecule has 3 atom stereocenters. The summed E-state index contributed by atoms with van der Waals surface area (Å²) in [4.78, 5) is 0. The molecule has 4 rings (SSSR count). The summed E-state index contributed by atoms with van der Waals surface area (Å²) in [5.74, 6) is 4.29. The zero-order valence-corrected chi connectivity index (χ0v) is 17.9. The Balaban J connectivity index is 1.15. The fraction of sp³-hybridized carbons (Fsp3) is 0.259. The zero-order valence-electron chi connectivity index (χ0n) is 17.9. The van der Waals surface area contributed by atoms with Crippen molar-refractivity contribution in [3.05, 3.63) is 96.6 Å². The fourth-order valence-electron chi connectivity index (χ4n) is 3.46. The van der Waals surface area contributed by atoms with E-state index in [2.05, 4.69) is 31.2 Å². The Morgan fingerprint density at radius 1 is 0.710 bits per heavy atom. The van der Waals surface area contributed by atoms with Gasteiger partial charge in [-0.2, -0.15) is 0 Å². The molecule has 0 bridgehead atoms. The lowest BCUT2D eigenvalue weighted by atomic mass is 9.79. The monoisotopic (exact) mass is 416 g/mol. The number of benzene rings is 3. The van der Waals surface area contributed by atoms with Gasteiger partial charge in [0.25, 0.3) is 0 Å². The number of para-hydroxylation sites is 1. The van der Waals surface area contributed by atoms with Crippen molar-refractivity contribution in [2.24, 2.45) is 5.92 Å². The van der Waals surface area contributed by atoms with Gasteiger partial charge in [-0.3, -0.25) is 0 Å². The molecular weight excluding hydrogens is 388 g/mol. The Morgan fingerprint density at radius 3 is 2.00 bits per heavy atom. The van der Waals surface area contributed by atoms with Gasteiger partial charge in [0.1, 0.15) is 29.6 Å². The van der Waals surface area contributed by atoms with Gasteiger partial charge in [-0.25, -0.2) is 0 Å². The van der Waals surface area contributed by atoms with Crippen molar-refractivity contribution >= 4 is 0 Å². The molecule has 0 aromatic heterocycles. The molecule has 0 amide bonds. The fourth-order valence-corrected chi connectivity index (χ4v) is 3.46. The lowest BCUT2D eigenvalue weighted by molar-refractivity contribution is -0.0739. The van der Waals surface area contributed by atoms with Crippen LogP contribution in [0.3, 0.4) is 0 Å². The second kappa shape index (κ2) is 10.2. The van der Waals surface area contributed by atoms with Gasteiger partial charge in [0.15, 0.2) is 6.29 Å². The molecule has 1 aliphatic rings. The van der Waals surface area contributed by atoms with E-state index in [1.54, 1.807) is 0 Å². The molecule has 3 unspecified atom stereocenters. The second-order valence-corrected chi connectivity index (χ2v) is 7.63. The van der Waals surface area contributed by atoms with Gasteiger partial charge in [0.05, 0.1) is 6.61 Å². The molecular formula is C27H28O4. The van der Waals surface area contributed by atoms with Crippen LogP contribution in [0.5, 0.6) is 23.0 Å². The van der Waals surface area contributed by atoms with Crippen molar-refractivity contribution in [2.75, 3.05) is 13.2 Å². The number of rotatable bonds is 10. The van der Waals surface area contributed by atoms with Crippen LogP contribution in [0.15, 0.2) is 91.0 Å². The Bertz CT molecular complexity index is 964. The van der Waals surface area contributed by atoms with Crippen LogP contribution in [0.25, 0.3) is 0 Å². The molecule has 0 saturated heterocycles. The third-order valence-corrected chi connectivity index (χ3v) is 5.26. The molecule has 31 heavy (non-hydrogen) atoms. The van der Waals surface area contributed by atoms with E-state index >= 15 is 0 Å². The van der Waals surface area contributed by atoms with Crippen LogP contribution in [0.2, 0.25) is 0 Å². The van der Waals surface area contributed by atoms with Crippen LogP contribution < -0.4 is 14.2 Å². The molecule has 1 aliphatic carbocycles. The summed E-state index contributed by atoms with van der Waals surface area (Å²) in [5, 5.41) is 0. The topological polar surface area (TPSA) is 36.9 Å². The van der Waals surface area contributed by atoms with Crippen molar-refractivity contribution in [3.8, 4) is 23.0 Å².